The van der Waals surface area contributed by atoms with Gasteiger partial charge < -0.3 is 15.0 Å². The summed E-state index contributed by atoms with van der Waals surface area (Å²) in [4.78, 5) is 39.8. The summed E-state index contributed by atoms with van der Waals surface area (Å²) in [7, 11) is 0. The van der Waals surface area contributed by atoms with Gasteiger partial charge in [-0.05, 0) is 52.7 Å². The molecule has 2 fully saturated rings. The Hall–Kier alpha value is -2.46. The lowest BCUT2D eigenvalue weighted by molar-refractivity contribution is -0.117. The third kappa shape index (κ3) is 4.13. The molecule has 2 aromatic rings. The van der Waals surface area contributed by atoms with Gasteiger partial charge in [-0.25, -0.2) is 9.18 Å². The van der Waals surface area contributed by atoms with Crippen molar-refractivity contribution in [3.8, 4) is 0 Å². The summed E-state index contributed by atoms with van der Waals surface area (Å²) in [6.45, 7) is 0.986. The van der Waals surface area contributed by atoms with Crippen molar-refractivity contribution in [2.75, 3.05) is 29.5 Å². The molecule has 0 spiro atoms. The highest BCUT2D eigenvalue weighted by Crippen LogP contribution is 2.30. The maximum absolute atomic E-state index is 14.8. The number of anilines is 2. The molecule has 3 amide bonds. The molecule has 1 aromatic carbocycles. The summed E-state index contributed by atoms with van der Waals surface area (Å²) < 4.78 is 20.6. The zero-order chi connectivity index (χ0) is 20.5. The van der Waals surface area contributed by atoms with Gasteiger partial charge in [0.05, 0.1) is 32.7 Å². The molecule has 152 valence electrons. The normalized spacial score (nSPS) is 19.4. The Morgan fingerprint density at radius 3 is 2.76 bits per heavy atom. The van der Waals surface area contributed by atoms with Crippen molar-refractivity contribution in [3.05, 3.63) is 44.8 Å². The molecule has 0 bridgehead atoms. The van der Waals surface area contributed by atoms with Crippen LogP contribution in [0.15, 0.2) is 34.1 Å². The Morgan fingerprint density at radius 2 is 2.07 bits per heavy atom. The van der Waals surface area contributed by atoms with Gasteiger partial charge in [-0.15, -0.1) is 11.3 Å². The lowest BCUT2D eigenvalue weighted by atomic mass is 10.2. The molecule has 0 aliphatic carbocycles. The number of amides is 3. The van der Waals surface area contributed by atoms with Gasteiger partial charge in [0.1, 0.15) is 5.82 Å². The van der Waals surface area contributed by atoms with Gasteiger partial charge >= 0.3 is 6.09 Å². The van der Waals surface area contributed by atoms with Crippen LogP contribution in [0.1, 0.15) is 22.5 Å². The third-order valence-electron chi connectivity index (χ3n) is 4.76. The maximum Gasteiger partial charge on any atom is 0.414 e. The average Bonchev–Trinajstić information content (AvgIpc) is 3.28. The number of halogens is 2. The fourth-order valence-corrected chi connectivity index (χ4v) is 4.69. The molecule has 10 heteroatoms. The SMILES string of the molecule is O=C(N[C@@H]1CC(=O)N(c2ccc(N3CCCOC3=O)cc2F)C1)c1ccc(Br)s1. The summed E-state index contributed by atoms with van der Waals surface area (Å²) in [6, 6.07) is 7.36. The van der Waals surface area contributed by atoms with E-state index in [0.29, 0.717) is 30.1 Å². The van der Waals surface area contributed by atoms with Gasteiger partial charge in [-0.3, -0.25) is 14.5 Å². The first-order valence-corrected chi connectivity index (χ1v) is 10.6. The second kappa shape index (κ2) is 8.11. The molecule has 0 saturated carbocycles. The molecule has 7 nitrogen and oxygen atoms in total. The minimum absolute atomic E-state index is 0.0952. The molecule has 1 atom stereocenters. The highest BCUT2D eigenvalue weighted by atomic mass is 79.9. The monoisotopic (exact) mass is 481 g/mol. The highest BCUT2D eigenvalue weighted by Gasteiger charge is 2.34. The summed E-state index contributed by atoms with van der Waals surface area (Å²) in [5, 5.41) is 2.82. The van der Waals surface area contributed by atoms with Crippen molar-refractivity contribution in [2.45, 2.75) is 18.9 Å². The van der Waals surface area contributed by atoms with Crippen molar-refractivity contribution in [1.82, 2.24) is 5.32 Å². The molecule has 2 aliphatic heterocycles. The van der Waals surface area contributed by atoms with E-state index in [4.69, 9.17) is 4.74 Å². The van der Waals surface area contributed by atoms with Gasteiger partial charge in [0, 0.05) is 19.5 Å². The largest absolute Gasteiger partial charge is 0.449 e. The summed E-state index contributed by atoms with van der Waals surface area (Å²) in [5.74, 6) is -1.14. The topological polar surface area (TPSA) is 79.0 Å². The third-order valence-corrected chi connectivity index (χ3v) is 6.39. The number of hydrogen-bond donors (Lipinski definition) is 1. The Bertz CT molecular complexity index is 982. The summed E-state index contributed by atoms with van der Waals surface area (Å²) >= 11 is 4.61. The molecule has 1 aromatic heterocycles. The van der Waals surface area contributed by atoms with Crippen molar-refractivity contribution < 1.29 is 23.5 Å². The van der Waals surface area contributed by atoms with Crippen LogP contribution in [0.5, 0.6) is 0 Å². The van der Waals surface area contributed by atoms with E-state index in [1.165, 1.54) is 33.3 Å². The number of hydrogen-bond acceptors (Lipinski definition) is 5. The standard InChI is InChI=1S/C19H17BrFN3O4S/c20-16-5-4-15(29-16)18(26)22-11-8-17(25)24(10-11)14-3-2-12(9-13(14)21)23-6-1-7-28-19(23)27/h2-5,9,11H,1,6-8,10H2,(H,22,26)/t11-/m1/s1. The number of nitrogens with one attached hydrogen (secondary N) is 1. The average molecular weight is 482 g/mol. The number of carbonyl (C=O) groups is 3. The molecule has 4 rings (SSSR count). The Morgan fingerprint density at radius 1 is 1.24 bits per heavy atom. The molecule has 3 heterocycles. The fourth-order valence-electron chi connectivity index (χ4n) is 3.40. The predicted molar refractivity (Wildman–Crippen MR) is 110 cm³/mol. The van der Waals surface area contributed by atoms with Gasteiger partial charge in [0.15, 0.2) is 0 Å². The molecule has 0 radical (unpaired) electrons. The van der Waals surface area contributed by atoms with E-state index < -0.39 is 18.0 Å². The van der Waals surface area contributed by atoms with Crippen LogP contribution in [-0.4, -0.2) is 43.6 Å². The molecule has 2 saturated heterocycles. The van der Waals surface area contributed by atoms with Crippen LogP contribution in [0, 0.1) is 5.82 Å². The van der Waals surface area contributed by atoms with Crippen molar-refractivity contribution in [1.29, 1.82) is 0 Å². The Labute approximate surface area is 178 Å². The lowest BCUT2D eigenvalue weighted by Crippen LogP contribution is -2.38. The second-order valence-corrected chi connectivity index (χ2v) is 9.20. The first-order chi connectivity index (χ1) is 13.9. The zero-order valence-electron chi connectivity index (χ0n) is 15.2. The van der Waals surface area contributed by atoms with Gasteiger partial charge in [-0.2, -0.15) is 0 Å². The quantitative estimate of drug-likeness (QED) is 0.724. The van der Waals surface area contributed by atoms with E-state index in [1.807, 2.05) is 0 Å². The minimum atomic E-state index is -0.608. The summed E-state index contributed by atoms with van der Waals surface area (Å²) in [5.41, 5.74) is 0.510. The summed E-state index contributed by atoms with van der Waals surface area (Å²) in [6.07, 6.45) is 0.253. The number of thiophene rings is 1. The van der Waals surface area contributed by atoms with Crippen LogP contribution >= 0.6 is 27.3 Å². The Balaban J connectivity index is 1.46. The lowest BCUT2D eigenvalue weighted by Gasteiger charge is -2.27. The van der Waals surface area contributed by atoms with Crippen molar-refractivity contribution in [3.63, 3.8) is 0 Å². The number of ether oxygens (including phenoxy) is 1. The van der Waals surface area contributed by atoms with Gasteiger partial charge in [-0.1, -0.05) is 0 Å². The van der Waals surface area contributed by atoms with E-state index in [0.717, 1.165) is 3.79 Å². The minimum Gasteiger partial charge on any atom is -0.449 e. The van der Waals surface area contributed by atoms with Crippen LogP contribution in [0.2, 0.25) is 0 Å². The molecule has 29 heavy (non-hydrogen) atoms. The van der Waals surface area contributed by atoms with E-state index in [9.17, 15) is 18.8 Å². The van der Waals surface area contributed by atoms with Crippen molar-refractivity contribution >= 4 is 56.5 Å². The van der Waals surface area contributed by atoms with Crippen molar-refractivity contribution in [2.24, 2.45) is 0 Å². The van der Waals surface area contributed by atoms with Crippen LogP contribution < -0.4 is 15.1 Å². The molecule has 0 unspecified atom stereocenters. The Kier molecular flexibility index (Phi) is 5.55. The van der Waals surface area contributed by atoms with Gasteiger partial charge in [0.2, 0.25) is 5.91 Å². The second-order valence-electron chi connectivity index (χ2n) is 6.74. The highest BCUT2D eigenvalue weighted by molar-refractivity contribution is 9.11. The van der Waals surface area contributed by atoms with E-state index >= 15 is 0 Å². The number of carbonyl (C=O) groups excluding carboxylic acids is 3. The molecular formula is C19H17BrFN3O4S. The first-order valence-electron chi connectivity index (χ1n) is 9.03. The van der Waals surface area contributed by atoms with Crippen LogP contribution in [0.4, 0.5) is 20.6 Å². The van der Waals surface area contributed by atoms with Crippen LogP contribution in [0.3, 0.4) is 0 Å². The number of rotatable bonds is 4. The zero-order valence-corrected chi connectivity index (χ0v) is 17.6. The van der Waals surface area contributed by atoms with E-state index in [2.05, 4.69) is 21.2 Å². The molecule has 2 aliphatic rings. The number of cyclic esters (lactones) is 1. The van der Waals surface area contributed by atoms with Gasteiger partial charge in [0.25, 0.3) is 5.91 Å². The number of benzene rings is 1. The molecular weight excluding hydrogens is 465 g/mol. The first kappa shape index (κ1) is 19.8. The predicted octanol–water partition coefficient (Wildman–Crippen LogP) is 3.53. The fraction of sp³-hybridized carbons (Fsp3) is 0.316. The van der Waals surface area contributed by atoms with E-state index in [-0.39, 0.29) is 30.5 Å². The maximum atomic E-state index is 14.8. The molecule has 1 N–H and O–H groups in total. The smallest absolute Gasteiger partial charge is 0.414 e. The number of nitrogens with zero attached hydrogens (tertiary/aromatic N) is 2. The van der Waals surface area contributed by atoms with Crippen LogP contribution in [0.25, 0.3) is 0 Å². The van der Waals surface area contributed by atoms with Crippen LogP contribution in [-0.2, 0) is 9.53 Å². The van der Waals surface area contributed by atoms with E-state index in [1.54, 1.807) is 18.2 Å².